The number of sulfonamides is 1. The molecule has 2 N–H and O–H groups in total. The molecule has 9 heteroatoms. The van der Waals surface area contributed by atoms with Crippen LogP contribution >= 0.6 is 0 Å². The van der Waals surface area contributed by atoms with E-state index in [0.29, 0.717) is 0 Å². The summed E-state index contributed by atoms with van der Waals surface area (Å²) in [5, 5.41) is 4.96. The van der Waals surface area contributed by atoms with Gasteiger partial charge < -0.3 is 9.64 Å². The van der Waals surface area contributed by atoms with Crippen LogP contribution in [0.25, 0.3) is 0 Å². The van der Waals surface area contributed by atoms with Crippen LogP contribution in [0.5, 0.6) is 0 Å². The molecule has 1 aromatic carbocycles. The maximum Gasteiger partial charge on any atom is 0.341 e. The molecular weight excluding hydrogens is 351 g/mol. The van der Waals surface area contributed by atoms with Gasteiger partial charge in [-0.05, 0) is 51.3 Å². The first-order valence-corrected chi connectivity index (χ1v) is 9.46. The summed E-state index contributed by atoms with van der Waals surface area (Å²) in [6, 6.07) is 2.63. The summed E-state index contributed by atoms with van der Waals surface area (Å²) >= 11 is 0. The van der Waals surface area contributed by atoms with Gasteiger partial charge in [0.05, 0.1) is 10.5 Å². The van der Waals surface area contributed by atoms with Gasteiger partial charge in [0.15, 0.2) is 6.61 Å². The largest absolute Gasteiger partial charge is 0.452 e. The van der Waals surface area contributed by atoms with Gasteiger partial charge >= 0.3 is 5.97 Å². The number of rotatable bonds is 4. The van der Waals surface area contributed by atoms with Crippen molar-refractivity contribution in [3.8, 4) is 0 Å². The zero-order valence-corrected chi connectivity index (χ0v) is 14.9. The summed E-state index contributed by atoms with van der Waals surface area (Å²) in [4.78, 5) is 25.6. The highest BCUT2D eigenvalue weighted by Gasteiger charge is 2.29. The molecule has 1 amide bonds. The zero-order valence-electron chi connectivity index (χ0n) is 14.1. The van der Waals surface area contributed by atoms with E-state index in [0.717, 1.165) is 37.5 Å². The number of piperidine rings is 1. The van der Waals surface area contributed by atoms with Crippen LogP contribution in [-0.2, 0) is 19.6 Å². The second kappa shape index (κ2) is 7.49. The number of hydrogen-bond donors (Lipinski definition) is 1. The van der Waals surface area contributed by atoms with E-state index in [-0.39, 0.29) is 18.0 Å². The highest BCUT2D eigenvalue weighted by atomic mass is 32.2. The van der Waals surface area contributed by atoms with E-state index in [1.54, 1.807) is 4.90 Å². The number of nitrogens with zero attached hydrogens (tertiary/aromatic N) is 1. The van der Waals surface area contributed by atoms with Crippen molar-refractivity contribution in [3.05, 3.63) is 29.6 Å². The lowest BCUT2D eigenvalue weighted by Crippen LogP contribution is -2.49. The lowest BCUT2D eigenvalue weighted by molar-refractivity contribution is -0.140. The molecule has 7 nitrogen and oxygen atoms in total. The van der Waals surface area contributed by atoms with Crippen molar-refractivity contribution >= 4 is 21.9 Å². The Morgan fingerprint density at radius 2 is 1.88 bits per heavy atom. The van der Waals surface area contributed by atoms with E-state index in [2.05, 4.69) is 0 Å². The fraction of sp³-hybridized carbons (Fsp3) is 0.500. The minimum Gasteiger partial charge on any atom is -0.452 e. The smallest absolute Gasteiger partial charge is 0.341 e. The first-order valence-electron chi connectivity index (χ1n) is 7.92. The number of esters is 1. The van der Waals surface area contributed by atoms with Gasteiger partial charge in [0, 0.05) is 12.1 Å². The number of ether oxygens (including phenoxy) is 1. The van der Waals surface area contributed by atoms with Gasteiger partial charge in [0.1, 0.15) is 5.82 Å². The topological polar surface area (TPSA) is 107 Å². The van der Waals surface area contributed by atoms with E-state index < -0.39 is 38.9 Å². The first-order chi connectivity index (χ1) is 11.6. The Morgan fingerprint density at radius 3 is 2.44 bits per heavy atom. The van der Waals surface area contributed by atoms with Crippen molar-refractivity contribution in [2.45, 2.75) is 50.1 Å². The summed E-state index contributed by atoms with van der Waals surface area (Å²) in [5.74, 6) is -2.44. The number of halogens is 1. The van der Waals surface area contributed by atoms with Crippen molar-refractivity contribution in [2.75, 3.05) is 6.61 Å². The maximum absolute atomic E-state index is 13.8. The second-order valence-electron chi connectivity index (χ2n) is 6.19. The van der Waals surface area contributed by atoms with Crippen molar-refractivity contribution in [2.24, 2.45) is 5.14 Å². The minimum absolute atomic E-state index is 0.0393. The van der Waals surface area contributed by atoms with Crippen molar-refractivity contribution < 1.29 is 27.1 Å². The third-order valence-electron chi connectivity index (χ3n) is 4.29. The Kier molecular flexibility index (Phi) is 5.79. The van der Waals surface area contributed by atoms with Crippen LogP contribution < -0.4 is 5.14 Å². The Morgan fingerprint density at radius 1 is 1.28 bits per heavy atom. The number of carbonyl (C=O) groups is 2. The van der Waals surface area contributed by atoms with Crippen LogP contribution in [0.1, 0.15) is 43.5 Å². The van der Waals surface area contributed by atoms with E-state index in [4.69, 9.17) is 9.88 Å². The summed E-state index contributed by atoms with van der Waals surface area (Å²) in [5.41, 5.74) is -0.584. The summed E-state index contributed by atoms with van der Waals surface area (Å²) in [6.45, 7) is 3.31. The van der Waals surface area contributed by atoms with E-state index >= 15 is 0 Å². The van der Waals surface area contributed by atoms with Gasteiger partial charge in [-0.2, -0.15) is 0 Å². The minimum atomic E-state index is -4.09. The number of primary sulfonamides is 1. The summed E-state index contributed by atoms with van der Waals surface area (Å²) in [6.07, 6.45) is 2.77. The number of hydrogen-bond acceptors (Lipinski definition) is 5. The van der Waals surface area contributed by atoms with Gasteiger partial charge in [-0.1, -0.05) is 0 Å². The zero-order chi connectivity index (χ0) is 18.8. The van der Waals surface area contributed by atoms with Crippen LogP contribution in [0, 0.1) is 5.82 Å². The predicted molar refractivity (Wildman–Crippen MR) is 87.7 cm³/mol. The Labute approximate surface area is 146 Å². The van der Waals surface area contributed by atoms with E-state index in [1.165, 1.54) is 0 Å². The molecule has 0 radical (unpaired) electrons. The van der Waals surface area contributed by atoms with Gasteiger partial charge in [-0.25, -0.2) is 22.7 Å². The number of benzene rings is 1. The van der Waals surface area contributed by atoms with Crippen LogP contribution in [-0.4, -0.2) is 43.9 Å². The fourth-order valence-corrected chi connectivity index (χ4v) is 3.57. The molecule has 1 fully saturated rings. The van der Waals surface area contributed by atoms with Crippen LogP contribution in [0.3, 0.4) is 0 Å². The highest BCUT2D eigenvalue weighted by Crippen LogP contribution is 2.22. The molecule has 0 bridgehead atoms. The average molecular weight is 372 g/mol. The molecule has 25 heavy (non-hydrogen) atoms. The molecule has 1 aromatic rings. The number of carbonyl (C=O) groups excluding carboxylic acids is 2. The predicted octanol–water partition coefficient (Wildman–Crippen LogP) is 1.42. The quantitative estimate of drug-likeness (QED) is 0.805. The first kappa shape index (κ1) is 19.3. The van der Waals surface area contributed by atoms with Crippen LogP contribution in [0.4, 0.5) is 4.39 Å². The van der Waals surface area contributed by atoms with Crippen molar-refractivity contribution in [1.29, 1.82) is 0 Å². The molecular formula is C16H21FN2O5S. The monoisotopic (exact) mass is 372 g/mol. The normalized spacial score (nSPS) is 21.0. The lowest BCUT2D eigenvalue weighted by atomic mass is 9.97. The molecule has 1 aliphatic rings. The molecule has 0 aliphatic carbocycles. The molecule has 2 atom stereocenters. The van der Waals surface area contributed by atoms with Crippen molar-refractivity contribution in [1.82, 2.24) is 4.90 Å². The molecule has 1 saturated heterocycles. The fourth-order valence-electron chi connectivity index (χ4n) is 3.03. The molecule has 2 rings (SSSR count). The maximum atomic E-state index is 13.8. The van der Waals surface area contributed by atoms with Gasteiger partial charge in [0.2, 0.25) is 10.0 Å². The van der Waals surface area contributed by atoms with Crippen LogP contribution in [0.2, 0.25) is 0 Å². The number of amides is 1. The number of nitrogens with two attached hydrogens (primary N) is 1. The molecule has 0 aromatic heterocycles. The molecule has 0 saturated carbocycles. The summed E-state index contributed by atoms with van der Waals surface area (Å²) in [7, 11) is -4.09. The van der Waals surface area contributed by atoms with Crippen LogP contribution in [0.15, 0.2) is 23.1 Å². The van der Waals surface area contributed by atoms with Crippen molar-refractivity contribution in [3.63, 3.8) is 0 Å². The van der Waals surface area contributed by atoms with Gasteiger partial charge in [-0.15, -0.1) is 0 Å². The number of likely N-dealkylation sites (tertiary alicyclic amines) is 1. The van der Waals surface area contributed by atoms with E-state index in [9.17, 15) is 22.4 Å². The standard InChI is InChI=1S/C16H21FN2O5S/c1-10-4-3-5-11(2)19(10)15(20)9-24-16(21)13-8-12(25(18,22)23)6-7-14(13)17/h6-8,10-11H,3-5,9H2,1-2H3,(H2,18,22,23)/t10-,11+. The average Bonchev–Trinajstić information content (AvgIpc) is 2.51. The third-order valence-corrected chi connectivity index (χ3v) is 5.21. The molecule has 1 heterocycles. The van der Waals surface area contributed by atoms with Gasteiger partial charge in [-0.3, -0.25) is 4.79 Å². The SMILES string of the molecule is C[C@@H]1CCC[C@H](C)N1C(=O)COC(=O)c1cc(S(N)(=O)=O)ccc1F. The Bertz CT molecular complexity index is 771. The lowest BCUT2D eigenvalue weighted by Gasteiger charge is -2.38. The summed E-state index contributed by atoms with van der Waals surface area (Å²) < 4.78 is 41.3. The second-order valence-corrected chi connectivity index (χ2v) is 7.75. The van der Waals surface area contributed by atoms with Gasteiger partial charge in [0.25, 0.3) is 5.91 Å². The molecule has 1 aliphatic heterocycles. The third kappa shape index (κ3) is 4.55. The van der Waals surface area contributed by atoms with E-state index in [1.807, 2.05) is 13.8 Å². The highest BCUT2D eigenvalue weighted by molar-refractivity contribution is 7.89. The Hall–Kier alpha value is -2.00. The molecule has 138 valence electrons. The molecule has 0 unspecified atom stereocenters. The molecule has 0 spiro atoms. The Balaban J connectivity index is 2.09.